The quantitative estimate of drug-likeness (QED) is 0.805. The van der Waals surface area contributed by atoms with Crippen LogP contribution in [-0.2, 0) is 0 Å². The van der Waals surface area contributed by atoms with Crippen LogP contribution in [0.15, 0.2) is 36.4 Å². The Bertz CT molecular complexity index is 711. The minimum Gasteiger partial charge on any atom is -0.381 e. The van der Waals surface area contributed by atoms with Gasteiger partial charge in [0.2, 0.25) is 0 Å². The van der Waals surface area contributed by atoms with Crippen LogP contribution in [0.3, 0.4) is 0 Å². The number of anilines is 1. The van der Waals surface area contributed by atoms with E-state index >= 15 is 0 Å². The van der Waals surface area contributed by atoms with Gasteiger partial charge in [0.25, 0.3) is 0 Å². The van der Waals surface area contributed by atoms with E-state index in [0.717, 1.165) is 23.7 Å². The summed E-state index contributed by atoms with van der Waals surface area (Å²) in [4.78, 5) is 0. The molecule has 2 aromatic carbocycles. The molecule has 2 aromatic rings. The Morgan fingerprint density at radius 2 is 1.91 bits per heavy atom. The van der Waals surface area contributed by atoms with Crippen LogP contribution in [0.25, 0.3) is 11.1 Å². The molecule has 1 saturated heterocycles. The number of halogens is 1. The highest BCUT2D eigenvalue weighted by molar-refractivity contribution is 6.33. The summed E-state index contributed by atoms with van der Waals surface area (Å²) in [6.45, 7) is 4.28. The minimum atomic E-state index is 0.551. The van der Waals surface area contributed by atoms with Crippen LogP contribution in [0.4, 0.5) is 5.69 Å². The fraction of sp³-hybridized carbons (Fsp3) is 0.368. The molecule has 22 heavy (non-hydrogen) atoms. The van der Waals surface area contributed by atoms with E-state index < -0.39 is 0 Å². The summed E-state index contributed by atoms with van der Waals surface area (Å²) in [5.74, 6) is 0.582. The number of fused-ring (bicyclic) bond motifs is 3. The molecule has 0 spiro atoms. The highest BCUT2D eigenvalue weighted by Crippen LogP contribution is 2.46. The van der Waals surface area contributed by atoms with E-state index in [-0.39, 0.29) is 0 Å². The standard InChI is InChI=1S/C19H21ClN2/c1-12-5-6-13(16(20)11-12)14-3-2-4-18-19(14)15-7-9-21-10-8-17(15)22-18/h2-6,11,15,17,21-22H,7-10H2,1H3/t15-,17+/m1/s1. The summed E-state index contributed by atoms with van der Waals surface area (Å²) in [7, 11) is 0. The summed E-state index contributed by atoms with van der Waals surface area (Å²) < 4.78 is 0. The number of nitrogens with one attached hydrogen (secondary N) is 2. The van der Waals surface area contributed by atoms with Gasteiger partial charge in [-0.2, -0.15) is 0 Å². The zero-order valence-corrected chi connectivity index (χ0v) is 13.6. The molecule has 114 valence electrons. The third-order valence-corrected chi connectivity index (χ3v) is 5.30. The van der Waals surface area contributed by atoms with E-state index in [1.165, 1.54) is 35.2 Å². The van der Waals surface area contributed by atoms with Gasteiger partial charge in [-0.05, 0) is 61.7 Å². The number of hydrogen-bond acceptors (Lipinski definition) is 2. The van der Waals surface area contributed by atoms with Gasteiger partial charge in [-0.15, -0.1) is 0 Å². The molecule has 0 saturated carbocycles. The molecule has 0 aliphatic carbocycles. The summed E-state index contributed by atoms with van der Waals surface area (Å²) in [5, 5.41) is 8.10. The lowest BCUT2D eigenvalue weighted by Crippen LogP contribution is -2.21. The van der Waals surface area contributed by atoms with Crippen molar-refractivity contribution < 1.29 is 0 Å². The van der Waals surface area contributed by atoms with Crippen molar-refractivity contribution in [2.45, 2.75) is 31.7 Å². The Balaban J connectivity index is 1.84. The lowest BCUT2D eigenvalue weighted by atomic mass is 9.86. The first-order chi connectivity index (χ1) is 10.7. The molecular formula is C19H21ClN2. The summed E-state index contributed by atoms with van der Waals surface area (Å²) in [6, 6.07) is 13.5. The Kier molecular flexibility index (Phi) is 3.59. The maximum Gasteiger partial charge on any atom is 0.0487 e. The molecular weight excluding hydrogens is 292 g/mol. The molecule has 2 aliphatic heterocycles. The minimum absolute atomic E-state index is 0.551. The van der Waals surface area contributed by atoms with Gasteiger partial charge >= 0.3 is 0 Å². The highest BCUT2D eigenvalue weighted by Gasteiger charge is 2.34. The van der Waals surface area contributed by atoms with Gasteiger partial charge in [-0.25, -0.2) is 0 Å². The molecule has 0 bridgehead atoms. The molecule has 0 aromatic heterocycles. The largest absolute Gasteiger partial charge is 0.381 e. The third kappa shape index (κ3) is 2.31. The number of benzene rings is 2. The van der Waals surface area contributed by atoms with Crippen molar-refractivity contribution in [1.82, 2.24) is 5.32 Å². The Hall–Kier alpha value is -1.51. The SMILES string of the molecule is Cc1ccc(-c2cccc3c2[C@@H]2CCNCC[C@@H]2N3)c(Cl)c1. The van der Waals surface area contributed by atoms with Crippen molar-refractivity contribution in [3.8, 4) is 11.1 Å². The van der Waals surface area contributed by atoms with Gasteiger partial charge in [0.1, 0.15) is 0 Å². The first kappa shape index (κ1) is 14.1. The first-order valence-electron chi connectivity index (χ1n) is 8.11. The van der Waals surface area contributed by atoms with Crippen molar-refractivity contribution in [3.63, 3.8) is 0 Å². The van der Waals surface area contributed by atoms with Gasteiger partial charge in [0, 0.05) is 28.2 Å². The summed E-state index contributed by atoms with van der Waals surface area (Å²) >= 11 is 6.54. The smallest absolute Gasteiger partial charge is 0.0487 e. The average molecular weight is 313 g/mol. The van der Waals surface area contributed by atoms with Gasteiger partial charge in [-0.1, -0.05) is 35.9 Å². The van der Waals surface area contributed by atoms with E-state index in [1.807, 2.05) is 0 Å². The lowest BCUT2D eigenvalue weighted by molar-refractivity contribution is 0.579. The molecule has 0 radical (unpaired) electrons. The van der Waals surface area contributed by atoms with Crippen molar-refractivity contribution in [1.29, 1.82) is 0 Å². The van der Waals surface area contributed by atoms with Gasteiger partial charge in [-0.3, -0.25) is 0 Å². The first-order valence-corrected chi connectivity index (χ1v) is 8.48. The number of aryl methyl sites for hydroxylation is 1. The van der Waals surface area contributed by atoms with E-state index in [4.69, 9.17) is 11.6 Å². The van der Waals surface area contributed by atoms with Crippen LogP contribution in [0.1, 0.15) is 29.9 Å². The molecule has 1 fully saturated rings. The number of rotatable bonds is 1. The van der Waals surface area contributed by atoms with Crippen LogP contribution in [0.5, 0.6) is 0 Å². The topological polar surface area (TPSA) is 24.1 Å². The van der Waals surface area contributed by atoms with Crippen LogP contribution >= 0.6 is 11.6 Å². The molecule has 2 N–H and O–H groups in total. The average Bonchev–Trinajstić information content (AvgIpc) is 2.70. The van der Waals surface area contributed by atoms with Gasteiger partial charge in [0.15, 0.2) is 0 Å². The maximum atomic E-state index is 6.54. The fourth-order valence-electron chi connectivity index (χ4n) is 3.92. The van der Waals surface area contributed by atoms with E-state index in [2.05, 4.69) is 54.0 Å². The van der Waals surface area contributed by atoms with Crippen LogP contribution in [0, 0.1) is 6.92 Å². The number of hydrogen-bond donors (Lipinski definition) is 2. The van der Waals surface area contributed by atoms with Gasteiger partial charge < -0.3 is 10.6 Å². The molecule has 2 heterocycles. The van der Waals surface area contributed by atoms with E-state index in [9.17, 15) is 0 Å². The monoisotopic (exact) mass is 312 g/mol. The van der Waals surface area contributed by atoms with Crippen molar-refractivity contribution in [3.05, 3.63) is 52.5 Å². The summed E-state index contributed by atoms with van der Waals surface area (Å²) in [5.41, 5.74) is 6.41. The third-order valence-electron chi connectivity index (χ3n) is 4.98. The second-order valence-corrected chi connectivity index (χ2v) is 6.84. The maximum absolute atomic E-state index is 6.54. The van der Waals surface area contributed by atoms with Crippen molar-refractivity contribution >= 4 is 17.3 Å². The normalized spacial score (nSPS) is 23.4. The predicted molar refractivity (Wildman–Crippen MR) is 93.9 cm³/mol. The van der Waals surface area contributed by atoms with Crippen LogP contribution < -0.4 is 10.6 Å². The summed E-state index contributed by atoms with van der Waals surface area (Å²) in [6.07, 6.45) is 2.37. The molecule has 2 aliphatic rings. The molecule has 3 heteroatoms. The molecule has 0 unspecified atom stereocenters. The highest BCUT2D eigenvalue weighted by atomic mass is 35.5. The van der Waals surface area contributed by atoms with Crippen LogP contribution in [0.2, 0.25) is 5.02 Å². The van der Waals surface area contributed by atoms with Gasteiger partial charge in [0.05, 0.1) is 0 Å². The van der Waals surface area contributed by atoms with Crippen LogP contribution in [-0.4, -0.2) is 19.1 Å². The predicted octanol–water partition coefficient (Wildman–Crippen LogP) is 4.58. The molecule has 2 nitrogen and oxygen atoms in total. The van der Waals surface area contributed by atoms with E-state index in [0.29, 0.717) is 12.0 Å². The van der Waals surface area contributed by atoms with Crippen molar-refractivity contribution in [2.75, 3.05) is 18.4 Å². The zero-order valence-electron chi connectivity index (χ0n) is 12.8. The Morgan fingerprint density at radius 3 is 2.77 bits per heavy atom. The molecule has 0 amide bonds. The lowest BCUT2D eigenvalue weighted by Gasteiger charge is -2.18. The molecule has 4 rings (SSSR count). The van der Waals surface area contributed by atoms with E-state index in [1.54, 1.807) is 0 Å². The zero-order chi connectivity index (χ0) is 15.1. The second-order valence-electron chi connectivity index (χ2n) is 6.43. The Morgan fingerprint density at radius 1 is 1.05 bits per heavy atom. The molecule has 2 atom stereocenters. The Labute approximate surface area is 136 Å². The second kappa shape index (κ2) is 5.60. The van der Waals surface area contributed by atoms with Crippen molar-refractivity contribution in [2.24, 2.45) is 0 Å². The fourth-order valence-corrected chi connectivity index (χ4v) is 4.26.